The van der Waals surface area contributed by atoms with Crippen LogP contribution in [0, 0.1) is 43.3 Å². The first-order valence-electron chi connectivity index (χ1n) is 14.8. The molecule has 7 heteroatoms. The lowest BCUT2D eigenvalue weighted by atomic mass is 9.87. The first-order valence-corrected chi connectivity index (χ1v) is 14.8. The molecule has 1 saturated carbocycles. The summed E-state index contributed by atoms with van der Waals surface area (Å²) in [5.41, 5.74) is 7.32. The van der Waals surface area contributed by atoms with Crippen molar-refractivity contribution in [2.24, 2.45) is 11.8 Å². The van der Waals surface area contributed by atoms with Crippen molar-refractivity contribution in [1.82, 2.24) is 10.4 Å². The third-order valence-electron chi connectivity index (χ3n) is 8.21. The van der Waals surface area contributed by atoms with Crippen LogP contribution in [0.5, 0.6) is 0 Å². The number of benzene rings is 1. The van der Waals surface area contributed by atoms with Gasteiger partial charge in [0.25, 0.3) is 0 Å². The van der Waals surface area contributed by atoms with Gasteiger partial charge in [-0.15, -0.1) is 5.92 Å². The van der Waals surface area contributed by atoms with Crippen LogP contribution < -0.4 is 10.6 Å². The Bertz CT molecular complexity index is 1200. The van der Waals surface area contributed by atoms with Crippen LogP contribution >= 0.6 is 0 Å². The minimum absolute atomic E-state index is 0.151. The first kappa shape index (κ1) is 34.4. The van der Waals surface area contributed by atoms with Gasteiger partial charge in [-0.1, -0.05) is 65.7 Å². The number of alkyl halides is 2. The van der Waals surface area contributed by atoms with Crippen molar-refractivity contribution < 1.29 is 18.4 Å². The van der Waals surface area contributed by atoms with E-state index in [2.05, 4.69) is 36.1 Å². The minimum Gasteiger partial charge on any atom is -0.273 e. The summed E-state index contributed by atoms with van der Waals surface area (Å²) in [4.78, 5) is 4.37. The number of halogens is 3. The average molecular weight is 572 g/mol. The van der Waals surface area contributed by atoms with Gasteiger partial charge >= 0.3 is 0 Å². The molecule has 1 fully saturated rings. The van der Waals surface area contributed by atoms with E-state index in [9.17, 15) is 14.0 Å². The molecule has 3 rings (SSSR count). The number of hydrazine groups is 1. The predicted molar refractivity (Wildman–Crippen MR) is 165 cm³/mol. The van der Waals surface area contributed by atoms with Gasteiger partial charge in [0, 0.05) is 5.57 Å². The van der Waals surface area contributed by atoms with Crippen molar-refractivity contribution in [1.29, 1.82) is 0 Å². The van der Waals surface area contributed by atoms with Gasteiger partial charge in [0.15, 0.2) is 0 Å². The van der Waals surface area contributed by atoms with Gasteiger partial charge in [0.05, 0.1) is 17.9 Å². The molecule has 0 radical (unpaired) electrons. The zero-order valence-corrected chi connectivity index (χ0v) is 26.0. The van der Waals surface area contributed by atoms with Crippen LogP contribution in [0.15, 0.2) is 24.4 Å². The van der Waals surface area contributed by atoms with Crippen molar-refractivity contribution in [3.8, 4) is 11.8 Å². The summed E-state index contributed by atoms with van der Waals surface area (Å²) in [5, 5.41) is 10.5. The number of allylic oxidation sites excluding steroid dienone is 2. The fourth-order valence-corrected chi connectivity index (χ4v) is 5.32. The van der Waals surface area contributed by atoms with E-state index in [1.807, 2.05) is 26.8 Å². The van der Waals surface area contributed by atoms with Crippen molar-refractivity contribution in [3.63, 3.8) is 0 Å². The Hall–Kier alpha value is -2.82. The van der Waals surface area contributed by atoms with Gasteiger partial charge in [0.2, 0.25) is 0 Å². The molecule has 1 aromatic heterocycles. The molecule has 0 amide bonds. The number of hydrogen-bond donors (Lipinski definition) is 2. The second kappa shape index (κ2) is 16.6. The molecule has 4 nitrogen and oxygen atoms in total. The molecule has 1 aliphatic rings. The molecule has 1 aliphatic carbocycles. The van der Waals surface area contributed by atoms with Gasteiger partial charge in [-0.05, 0) is 91.5 Å². The lowest BCUT2D eigenvalue weighted by Gasteiger charge is -2.21. The molecule has 2 N–H and O–H groups in total. The molecule has 1 heterocycles. The van der Waals surface area contributed by atoms with Crippen molar-refractivity contribution in [3.05, 3.63) is 58.2 Å². The molecule has 0 bridgehead atoms. The number of hydrogen-bond acceptors (Lipinski definition) is 4. The highest BCUT2D eigenvalue weighted by Gasteiger charge is 2.20. The number of nitrogens with one attached hydrogen (secondary N) is 1. The van der Waals surface area contributed by atoms with Gasteiger partial charge in [-0.3, -0.25) is 10.2 Å². The van der Waals surface area contributed by atoms with Crippen LogP contribution in [0.3, 0.4) is 0 Å². The van der Waals surface area contributed by atoms with E-state index in [0.29, 0.717) is 33.1 Å². The highest BCUT2D eigenvalue weighted by Crippen LogP contribution is 2.34. The molecule has 0 aliphatic heterocycles. The number of nitrogens with zero attached hydrogens (tertiary/aromatic N) is 2. The Morgan fingerprint density at radius 2 is 1.76 bits per heavy atom. The van der Waals surface area contributed by atoms with E-state index in [1.54, 1.807) is 32.9 Å². The number of anilines is 1. The lowest BCUT2D eigenvalue weighted by molar-refractivity contribution is 0.169. The molecule has 1 atom stereocenters. The maximum atomic E-state index is 15.0. The maximum Gasteiger partial charge on any atom is 0.129 e. The molecular weight excluding hydrogens is 523 g/mol. The third kappa shape index (κ3) is 9.08. The fourth-order valence-electron chi connectivity index (χ4n) is 5.32. The number of rotatable bonds is 10. The molecule has 1 aromatic carbocycles. The largest absolute Gasteiger partial charge is 0.273 e. The van der Waals surface area contributed by atoms with E-state index in [0.717, 1.165) is 23.0 Å². The van der Waals surface area contributed by atoms with Crippen LogP contribution in [0.2, 0.25) is 0 Å². The standard InChI is InChI=1S/C25H30F3N3O.C9H18/c1-7-8-21(23-11-22(15(2)3)17(5)25(28)18(23)6)16(4)24-10-9-20(14-29-24)31(32)30-19(12-26)13-27;1-3-8(2)9-6-4-5-7-9/h9-11,14-15,19,30,32H,12-13H2,1-6H3;8-9H,3-7H2,1-2H3/b21-16+;. The van der Waals surface area contributed by atoms with Crippen LogP contribution in [-0.4, -0.2) is 29.6 Å². The summed E-state index contributed by atoms with van der Waals surface area (Å²) in [6.07, 6.45) is 8.76. The second-order valence-electron chi connectivity index (χ2n) is 11.4. The van der Waals surface area contributed by atoms with Gasteiger partial charge in [-0.2, -0.15) is 5.17 Å². The van der Waals surface area contributed by atoms with E-state index in [4.69, 9.17) is 0 Å². The van der Waals surface area contributed by atoms with Crippen LogP contribution in [0.25, 0.3) is 11.1 Å². The highest BCUT2D eigenvalue weighted by atomic mass is 19.1. The zero-order valence-electron chi connectivity index (χ0n) is 26.0. The number of pyridine rings is 1. The zero-order chi connectivity index (χ0) is 30.7. The van der Waals surface area contributed by atoms with Crippen molar-refractivity contribution >= 4 is 16.8 Å². The normalized spacial score (nSPS) is 14.8. The van der Waals surface area contributed by atoms with Crippen LogP contribution in [-0.2, 0) is 0 Å². The summed E-state index contributed by atoms with van der Waals surface area (Å²) < 4.78 is 40.4. The molecular formula is C34H48F3N3O. The monoisotopic (exact) mass is 571 g/mol. The summed E-state index contributed by atoms with van der Waals surface area (Å²) >= 11 is 0. The quantitative estimate of drug-likeness (QED) is 0.221. The van der Waals surface area contributed by atoms with Crippen LogP contribution in [0.1, 0.15) is 108 Å². The fraction of sp³-hybridized carbons (Fsp3) is 0.559. The minimum atomic E-state index is -1.15. The highest BCUT2D eigenvalue weighted by molar-refractivity contribution is 5.98. The molecule has 2 aromatic rings. The third-order valence-corrected chi connectivity index (χ3v) is 8.21. The van der Waals surface area contributed by atoms with Crippen LogP contribution in [0.4, 0.5) is 18.9 Å². The molecule has 0 spiro atoms. The summed E-state index contributed by atoms with van der Waals surface area (Å²) in [5.74, 6) is 7.98. The van der Waals surface area contributed by atoms with Gasteiger partial charge in [-0.25, -0.2) is 18.6 Å². The lowest BCUT2D eigenvalue weighted by Crippen LogP contribution is -2.45. The Balaban J connectivity index is 0.000000553. The predicted octanol–water partition coefficient (Wildman–Crippen LogP) is 9.15. The Kier molecular flexibility index (Phi) is 13.9. The Morgan fingerprint density at radius 3 is 2.24 bits per heavy atom. The SMILES string of the molecule is CC#C/C(=C(/C)c1ccc(N(O)NC(CF)CF)cn1)c1cc(C(C)C)c(C)c(F)c1C.CCC(C)C1CCCC1. The second-order valence-corrected chi connectivity index (χ2v) is 11.4. The van der Waals surface area contributed by atoms with E-state index in [1.165, 1.54) is 38.3 Å². The van der Waals surface area contributed by atoms with Crippen molar-refractivity contribution in [2.75, 3.05) is 18.5 Å². The van der Waals surface area contributed by atoms with E-state index >= 15 is 4.39 Å². The van der Waals surface area contributed by atoms with E-state index < -0.39 is 19.4 Å². The Labute approximate surface area is 245 Å². The van der Waals surface area contributed by atoms with Gasteiger partial charge < -0.3 is 0 Å². The molecule has 1 unspecified atom stereocenters. The maximum absolute atomic E-state index is 15.0. The first-order chi connectivity index (χ1) is 19.5. The summed E-state index contributed by atoms with van der Waals surface area (Å²) in [7, 11) is 0. The topological polar surface area (TPSA) is 48.4 Å². The van der Waals surface area contributed by atoms with Gasteiger partial charge in [0.1, 0.15) is 24.9 Å². The number of aromatic nitrogens is 1. The Morgan fingerprint density at radius 1 is 1.12 bits per heavy atom. The molecule has 226 valence electrons. The van der Waals surface area contributed by atoms with E-state index in [-0.39, 0.29) is 17.4 Å². The average Bonchev–Trinajstić information content (AvgIpc) is 3.52. The smallest absolute Gasteiger partial charge is 0.129 e. The van der Waals surface area contributed by atoms with Crippen molar-refractivity contribution in [2.45, 2.75) is 99.5 Å². The summed E-state index contributed by atoms with van der Waals surface area (Å²) in [6.45, 7) is 13.9. The summed E-state index contributed by atoms with van der Waals surface area (Å²) in [6, 6.07) is 4.06. The molecule has 41 heavy (non-hydrogen) atoms. The molecule has 0 saturated heterocycles.